The second-order valence-electron chi connectivity index (χ2n) is 4.18. The van der Waals surface area contributed by atoms with Gasteiger partial charge in [0.15, 0.2) is 0 Å². The first-order valence-corrected chi connectivity index (χ1v) is 6.06. The van der Waals surface area contributed by atoms with Crippen LogP contribution in [0.15, 0.2) is 18.3 Å². The summed E-state index contributed by atoms with van der Waals surface area (Å²) in [5.74, 6) is 0.142. The van der Waals surface area contributed by atoms with E-state index in [-0.39, 0.29) is 11.9 Å². The third-order valence-electron chi connectivity index (χ3n) is 3.11. The fourth-order valence-electron chi connectivity index (χ4n) is 2.33. The summed E-state index contributed by atoms with van der Waals surface area (Å²) in [5, 5.41) is 0. The maximum absolute atomic E-state index is 11.6. The molecule has 16 heavy (non-hydrogen) atoms. The Labute approximate surface area is 100 Å². The molecule has 1 fully saturated rings. The molecule has 2 rings (SSSR count). The van der Waals surface area contributed by atoms with Gasteiger partial charge in [0, 0.05) is 25.2 Å². The number of carbonyl (C=O) groups is 1. The van der Waals surface area contributed by atoms with E-state index in [0.29, 0.717) is 0 Å². The lowest BCUT2D eigenvalue weighted by Crippen LogP contribution is -2.37. The van der Waals surface area contributed by atoms with E-state index in [1.54, 1.807) is 6.92 Å². The molecule has 0 radical (unpaired) electrons. The van der Waals surface area contributed by atoms with Crippen LogP contribution >= 0.6 is 12.2 Å². The zero-order valence-corrected chi connectivity index (χ0v) is 10.2. The fourth-order valence-corrected chi connectivity index (χ4v) is 2.60. The smallest absolute Gasteiger partial charge is 0.219 e. The molecule has 1 aliphatic rings. The van der Waals surface area contributed by atoms with Gasteiger partial charge in [0.05, 0.1) is 6.04 Å². The molecule has 3 nitrogen and oxygen atoms in total. The van der Waals surface area contributed by atoms with Gasteiger partial charge in [0.2, 0.25) is 5.91 Å². The standard InChI is InChI=1S/C12H16N2OS/c1-9(15)14-8-3-2-6-11(14)10-5-4-7-13-12(10)16/h4-5,7,11H,2-3,6,8H2,1H3,(H,13,16)/t11-/m0/s1. The summed E-state index contributed by atoms with van der Waals surface area (Å²) < 4.78 is 0.751. The molecular weight excluding hydrogens is 220 g/mol. The van der Waals surface area contributed by atoms with Gasteiger partial charge in [-0.1, -0.05) is 18.3 Å². The Morgan fingerprint density at radius 2 is 2.38 bits per heavy atom. The van der Waals surface area contributed by atoms with Crippen LogP contribution in [0.5, 0.6) is 0 Å². The number of carbonyl (C=O) groups excluding carboxylic acids is 1. The van der Waals surface area contributed by atoms with E-state index in [2.05, 4.69) is 4.98 Å². The number of hydrogen-bond acceptors (Lipinski definition) is 2. The number of nitrogens with one attached hydrogen (secondary N) is 1. The first kappa shape index (κ1) is 11.3. The summed E-state index contributed by atoms with van der Waals surface area (Å²) in [6.07, 6.45) is 5.10. The second-order valence-corrected chi connectivity index (χ2v) is 4.59. The summed E-state index contributed by atoms with van der Waals surface area (Å²) >= 11 is 5.28. The van der Waals surface area contributed by atoms with Crippen LogP contribution in [0.25, 0.3) is 0 Å². The Hall–Kier alpha value is -1.16. The zero-order chi connectivity index (χ0) is 11.5. The van der Waals surface area contributed by atoms with E-state index in [1.165, 1.54) is 0 Å². The number of H-pyrrole nitrogens is 1. The van der Waals surface area contributed by atoms with Gasteiger partial charge in [-0.2, -0.15) is 0 Å². The van der Waals surface area contributed by atoms with Crippen molar-refractivity contribution < 1.29 is 4.79 Å². The predicted molar refractivity (Wildman–Crippen MR) is 65.6 cm³/mol. The Balaban J connectivity index is 2.34. The number of hydrogen-bond donors (Lipinski definition) is 1. The highest BCUT2D eigenvalue weighted by Crippen LogP contribution is 2.30. The summed E-state index contributed by atoms with van der Waals surface area (Å²) in [7, 11) is 0. The minimum Gasteiger partial charge on any atom is -0.353 e. The Morgan fingerprint density at radius 3 is 3.06 bits per heavy atom. The second kappa shape index (κ2) is 4.78. The number of aromatic amines is 1. The van der Waals surface area contributed by atoms with Crippen LogP contribution in [0.1, 0.15) is 37.8 Å². The largest absolute Gasteiger partial charge is 0.353 e. The molecule has 1 atom stereocenters. The van der Waals surface area contributed by atoms with Gasteiger partial charge < -0.3 is 9.88 Å². The topological polar surface area (TPSA) is 36.1 Å². The summed E-state index contributed by atoms with van der Waals surface area (Å²) in [5.41, 5.74) is 1.08. The van der Waals surface area contributed by atoms with Gasteiger partial charge in [-0.3, -0.25) is 4.79 Å². The van der Waals surface area contributed by atoms with Crippen LogP contribution in [-0.2, 0) is 4.79 Å². The van der Waals surface area contributed by atoms with E-state index >= 15 is 0 Å². The average Bonchev–Trinajstić information content (AvgIpc) is 2.29. The summed E-state index contributed by atoms with van der Waals surface area (Å²) in [4.78, 5) is 16.5. The maximum atomic E-state index is 11.6. The van der Waals surface area contributed by atoms with E-state index in [4.69, 9.17) is 12.2 Å². The molecule has 0 bridgehead atoms. The lowest BCUT2D eigenvalue weighted by molar-refractivity contribution is -0.132. The normalized spacial score (nSPS) is 20.8. The van der Waals surface area contributed by atoms with Crippen molar-refractivity contribution >= 4 is 18.1 Å². The highest BCUT2D eigenvalue weighted by atomic mass is 32.1. The van der Waals surface area contributed by atoms with Crippen molar-refractivity contribution in [3.63, 3.8) is 0 Å². The van der Waals surface area contributed by atoms with Crippen molar-refractivity contribution in [2.75, 3.05) is 6.54 Å². The lowest BCUT2D eigenvalue weighted by atomic mass is 9.96. The summed E-state index contributed by atoms with van der Waals surface area (Å²) in [6, 6.07) is 4.12. The number of nitrogens with zero attached hydrogens (tertiary/aromatic N) is 1. The molecule has 2 heterocycles. The minimum atomic E-state index is 0.142. The monoisotopic (exact) mass is 236 g/mol. The van der Waals surface area contributed by atoms with Gasteiger partial charge in [-0.05, 0) is 25.3 Å². The van der Waals surface area contributed by atoms with Crippen LogP contribution < -0.4 is 0 Å². The molecule has 0 saturated carbocycles. The first-order valence-electron chi connectivity index (χ1n) is 5.65. The van der Waals surface area contributed by atoms with Gasteiger partial charge in [0.1, 0.15) is 4.64 Å². The highest BCUT2D eigenvalue weighted by molar-refractivity contribution is 7.71. The number of piperidine rings is 1. The Bertz CT molecular complexity index is 441. The first-order chi connectivity index (χ1) is 7.70. The molecule has 0 aliphatic carbocycles. The third kappa shape index (κ3) is 2.16. The molecule has 1 N–H and O–H groups in total. The molecule has 0 unspecified atom stereocenters. The van der Waals surface area contributed by atoms with Gasteiger partial charge >= 0.3 is 0 Å². The molecular formula is C12H16N2OS. The number of amides is 1. The zero-order valence-electron chi connectivity index (χ0n) is 9.40. The third-order valence-corrected chi connectivity index (χ3v) is 3.47. The number of pyridine rings is 1. The van der Waals surface area contributed by atoms with E-state index in [1.807, 2.05) is 23.2 Å². The van der Waals surface area contributed by atoms with Gasteiger partial charge in [-0.25, -0.2) is 0 Å². The van der Waals surface area contributed by atoms with E-state index < -0.39 is 0 Å². The Kier molecular flexibility index (Phi) is 3.39. The molecule has 1 aliphatic heterocycles. The van der Waals surface area contributed by atoms with Crippen molar-refractivity contribution in [3.8, 4) is 0 Å². The molecule has 1 amide bonds. The Morgan fingerprint density at radius 1 is 1.56 bits per heavy atom. The maximum Gasteiger partial charge on any atom is 0.219 e. The van der Waals surface area contributed by atoms with Crippen molar-refractivity contribution in [1.29, 1.82) is 0 Å². The highest BCUT2D eigenvalue weighted by Gasteiger charge is 2.26. The molecule has 1 aromatic rings. The van der Waals surface area contributed by atoms with Crippen molar-refractivity contribution in [3.05, 3.63) is 28.5 Å². The van der Waals surface area contributed by atoms with Crippen LogP contribution in [0.4, 0.5) is 0 Å². The summed E-state index contributed by atoms with van der Waals surface area (Å²) in [6.45, 7) is 2.48. The van der Waals surface area contributed by atoms with Crippen LogP contribution in [0.3, 0.4) is 0 Å². The number of aromatic nitrogens is 1. The average molecular weight is 236 g/mol. The molecule has 0 spiro atoms. The van der Waals surface area contributed by atoms with E-state index in [0.717, 1.165) is 36.0 Å². The van der Waals surface area contributed by atoms with E-state index in [9.17, 15) is 4.79 Å². The van der Waals surface area contributed by atoms with Gasteiger partial charge in [-0.15, -0.1) is 0 Å². The predicted octanol–water partition coefficient (Wildman–Crippen LogP) is 2.82. The van der Waals surface area contributed by atoms with Crippen molar-refractivity contribution in [2.45, 2.75) is 32.2 Å². The van der Waals surface area contributed by atoms with Gasteiger partial charge in [0.25, 0.3) is 0 Å². The molecule has 1 saturated heterocycles. The van der Waals surface area contributed by atoms with Crippen LogP contribution in [0, 0.1) is 4.64 Å². The lowest BCUT2D eigenvalue weighted by Gasteiger charge is -2.35. The molecule has 4 heteroatoms. The fraction of sp³-hybridized carbons (Fsp3) is 0.500. The quantitative estimate of drug-likeness (QED) is 0.761. The molecule has 1 aromatic heterocycles. The number of rotatable bonds is 1. The van der Waals surface area contributed by atoms with Crippen molar-refractivity contribution in [1.82, 2.24) is 9.88 Å². The SMILES string of the molecule is CC(=O)N1CCCC[C@H]1c1ccc[nH]c1=S. The number of likely N-dealkylation sites (tertiary alicyclic amines) is 1. The minimum absolute atomic E-state index is 0.142. The molecule has 0 aromatic carbocycles. The van der Waals surface area contributed by atoms with Crippen LogP contribution in [-0.4, -0.2) is 22.3 Å². The molecule has 86 valence electrons. The van der Waals surface area contributed by atoms with Crippen molar-refractivity contribution in [2.24, 2.45) is 0 Å². The van der Waals surface area contributed by atoms with Crippen LogP contribution in [0.2, 0.25) is 0 Å².